The van der Waals surface area contributed by atoms with Crippen molar-refractivity contribution in [2.24, 2.45) is 7.05 Å². The van der Waals surface area contributed by atoms with Crippen molar-refractivity contribution < 1.29 is 9.53 Å². The fraction of sp³-hybridized carbons (Fsp3) is 0.387. The maximum absolute atomic E-state index is 13.8. The highest BCUT2D eigenvalue weighted by atomic mass is 16.5. The van der Waals surface area contributed by atoms with Crippen molar-refractivity contribution in [1.82, 2.24) is 39.1 Å². The van der Waals surface area contributed by atoms with E-state index in [0.29, 0.717) is 11.6 Å². The predicted molar refractivity (Wildman–Crippen MR) is 160 cm³/mol. The van der Waals surface area contributed by atoms with Crippen molar-refractivity contribution in [2.45, 2.75) is 33.6 Å². The molecule has 0 aromatic carbocycles. The zero-order chi connectivity index (χ0) is 29.0. The van der Waals surface area contributed by atoms with Gasteiger partial charge in [-0.3, -0.25) is 14.8 Å². The summed E-state index contributed by atoms with van der Waals surface area (Å²) in [6.45, 7) is 11.5. The van der Waals surface area contributed by atoms with Crippen molar-refractivity contribution in [3.05, 3.63) is 59.4 Å². The summed E-state index contributed by atoms with van der Waals surface area (Å²) >= 11 is 0. The Morgan fingerprint density at radius 3 is 2.46 bits per heavy atom. The number of piperazine rings is 1. The Hall–Kier alpha value is -4.31. The molecule has 0 N–H and O–H groups in total. The summed E-state index contributed by atoms with van der Waals surface area (Å²) in [5.74, 6) is 1.62. The minimum absolute atomic E-state index is 0.0758. The van der Waals surface area contributed by atoms with Crippen LogP contribution in [0.4, 0.5) is 0 Å². The van der Waals surface area contributed by atoms with E-state index in [1.165, 1.54) is 0 Å². The second kappa shape index (κ2) is 10.3. The number of pyridine rings is 3. The van der Waals surface area contributed by atoms with E-state index in [-0.39, 0.29) is 11.8 Å². The highest BCUT2D eigenvalue weighted by Gasteiger charge is 2.28. The Morgan fingerprint density at radius 1 is 1.00 bits per heavy atom. The monoisotopic (exact) mass is 552 g/mol. The van der Waals surface area contributed by atoms with Crippen molar-refractivity contribution in [3.8, 4) is 22.8 Å². The molecule has 1 amide bonds. The van der Waals surface area contributed by atoms with Crippen LogP contribution in [0.5, 0.6) is 5.75 Å². The van der Waals surface area contributed by atoms with Gasteiger partial charge in [-0.05, 0) is 50.6 Å². The predicted octanol–water partition coefficient (Wildman–Crippen LogP) is 4.51. The van der Waals surface area contributed by atoms with Crippen molar-refractivity contribution in [2.75, 3.05) is 40.3 Å². The van der Waals surface area contributed by atoms with Gasteiger partial charge < -0.3 is 19.1 Å². The number of ether oxygens (including phenoxy) is 1. The van der Waals surface area contributed by atoms with Gasteiger partial charge in [0.1, 0.15) is 11.4 Å². The molecule has 0 unspecified atom stereocenters. The van der Waals surface area contributed by atoms with Crippen LogP contribution in [0.25, 0.3) is 38.9 Å². The van der Waals surface area contributed by atoms with Gasteiger partial charge in [0.2, 0.25) is 0 Å². The van der Waals surface area contributed by atoms with E-state index in [1.807, 2.05) is 53.4 Å². The Morgan fingerprint density at radius 2 is 1.76 bits per heavy atom. The molecule has 0 atom stereocenters. The third-order valence-corrected chi connectivity index (χ3v) is 8.23. The smallest absolute Gasteiger partial charge is 0.270 e. The third-order valence-electron chi connectivity index (χ3n) is 8.23. The number of nitrogens with zero attached hydrogens (tertiary/aromatic N) is 8. The summed E-state index contributed by atoms with van der Waals surface area (Å²) in [5.41, 5.74) is 6.93. The van der Waals surface area contributed by atoms with E-state index in [4.69, 9.17) is 19.8 Å². The van der Waals surface area contributed by atoms with Gasteiger partial charge in [-0.25, -0.2) is 9.67 Å². The molecule has 10 nitrogen and oxygen atoms in total. The molecule has 6 heterocycles. The molecule has 0 radical (unpaired) electrons. The fourth-order valence-corrected chi connectivity index (χ4v) is 5.90. The number of likely N-dealkylation sites (N-methyl/N-ethyl adjacent to an activating group) is 1. The second-order valence-electron chi connectivity index (χ2n) is 11.2. The number of carbonyl (C=O) groups excluding carboxylic acids is 1. The topological polar surface area (TPSA) is 94.2 Å². The maximum Gasteiger partial charge on any atom is 0.270 e. The molecular weight excluding hydrogens is 516 g/mol. The van der Waals surface area contributed by atoms with Crippen LogP contribution in [0, 0.1) is 13.8 Å². The van der Waals surface area contributed by atoms with Gasteiger partial charge in [0.15, 0.2) is 5.82 Å². The second-order valence-corrected chi connectivity index (χ2v) is 11.2. The molecule has 1 aliphatic rings. The van der Waals surface area contributed by atoms with E-state index < -0.39 is 0 Å². The third kappa shape index (κ3) is 4.42. The number of rotatable bonds is 5. The Labute approximate surface area is 239 Å². The molecule has 5 aromatic heterocycles. The van der Waals surface area contributed by atoms with Gasteiger partial charge in [0.05, 0.1) is 41.3 Å². The summed E-state index contributed by atoms with van der Waals surface area (Å²) in [7, 11) is 5.72. The lowest BCUT2D eigenvalue weighted by Crippen LogP contribution is -2.47. The molecule has 1 saturated heterocycles. The lowest BCUT2D eigenvalue weighted by molar-refractivity contribution is 0.0654. The number of aryl methyl sites for hydroxylation is 3. The van der Waals surface area contributed by atoms with Crippen LogP contribution in [0.1, 0.15) is 47.2 Å². The molecule has 1 fully saturated rings. The number of carbonyl (C=O) groups is 1. The number of amides is 1. The SMILES string of the molecule is COc1ccncc1-c1cc2c(cnn2-c2cc3c(C)c(C(=O)N4CCN(C)CC4)n(C)c3c(C(C)C)n2)c(C)n1. The molecule has 212 valence electrons. The largest absolute Gasteiger partial charge is 0.496 e. The molecule has 0 spiro atoms. The number of methoxy groups -OCH3 is 1. The fourth-order valence-electron chi connectivity index (χ4n) is 5.90. The van der Waals surface area contributed by atoms with Crippen molar-refractivity contribution in [1.29, 1.82) is 0 Å². The number of hydrogen-bond donors (Lipinski definition) is 0. The number of aromatic nitrogens is 6. The Balaban J connectivity index is 1.53. The first kappa shape index (κ1) is 26.9. The molecule has 0 saturated carbocycles. The minimum Gasteiger partial charge on any atom is -0.496 e. The normalized spacial score (nSPS) is 14.5. The van der Waals surface area contributed by atoms with Crippen LogP contribution < -0.4 is 4.74 Å². The average molecular weight is 553 g/mol. The Kier molecular flexibility index (Phi) is 6.73. The molecule has 0 bridgehead atoms. The molecule has 6 rings (SSSR count). The van der Waals surface area contributed by atoms with Crippen molar-refractivity contribution >= 4 is 27.7 Å². The van der Waals surface area contributed by atoms with E-state index in [9.17, 15) is 4.79 Å². The van der Waals surface area contributed by atoms with Gasteiger partial charge in [-0.2, -0.15) is 5.10 Å². The summed E-state index contributed by atoms with van der Waals surface area (Å²) in [4.78, 5) is 32.3. The highest BCUT2D eigenvalue weighted by Crippen LogP contribution is 2.35. The molecule has 1 aliphatic heterocycles. The van der Waals surface area contributed by atoms with Gasteiger partial charge in [-0.1, -0.05) is 13.8 Å². The van der Waals surface area contributed by atoms with Gasteiger partial charge in [0, 0.05) is 62.1 Å². The van der Waals surface area contributed by atoms with Gasteiger partial charge in [-0.15, -0.1) is 0 Å². The molecule has 5 aromatic rings. The number of fused-ring (bicyclic) bond motifs is 2. The standard InChI is InChI=1S/C31H36N8O2/c1-18(2)28-30-21(19(3)29(37(30)6)31(40)38-12-10-36(5)11-13-38)14-27(35-28)39-25-15-24(34-20(4)22(25)17-33-39)23-16-32-9-8-26(23)41-7/h8-9,14-18H,10-13H2,1-7H3. The molecule has 10 heteroatoms. The molecule has 0 aliphatic carbocycles. The van der Waals surface area contributed by atoms with Gasteiger partial charge in [0.25, 0.3) is 5.91 Å². The van der Waals surface area contributed by atoms with E-state index >= 15 is 0 Å². The molecule has 41 heavy (non-hydrogen) atoms. The first-order valence-electron chi connectivity index (χ1n) is 14.0. The van der Waals surface area contributed by atoms with Crippen molar-refractivity contribution in [3.63, 3.8) is 0 Å². The van der Waals surface area contributed by atoms with E-state index in [1.54, 1.807) is 19.5 Å². The van der Waals surface area contributed by atoms with Crippen LogP contribution in [0.3, 0.4) is 0 Å². The number of hydrogen-bond acceptors (Lipinski definition) is 7. The van der Waals surface area contributed by atoms with Crippen LogP contribution in [0.2, 0.25) is 0 Å². The maximum atomic E-state index is 13.8. The Bertz CT molecular complexity index is 1790. The van der Waals surface area contributed by atoms with Crippen LogP contribution in [0.15, 0.2) is 36.8 Å². The summed E-state index contributed by atoms with van der Waals surface area (Å²) < 4.78 is 9.50. The van der Waals surface area contributed by atoms with Crippen LogP contribution >= 0.6 is 0 Å². The summed E-state index contributed by atoms with van der Waals surface area (Å²) in [6.07, 6.45) is 5.30. The highest BCUT2D eigenvalue weighted by molar-refractivity contribution is 6.02. The first-order chi connectivity index (χ1) is 19.7. The van der Waals surface area contributed by atoms with Gasteiger partial charge >= 0.3 is 0 Å². The summed E-state index contributed by atoms with van der Waals surface area (Å²) in [6, 6.07) is 5.90. The lowest BCUT2D eigenvalue weighted by atomic mass is 10.1. The molecular formula is C31H36N8O2. The van der Waals surface area contributed by atoms with E-state index in [0.717, 1.165) is 81.9 Å². The summed E-state index contributed by atoms with van der Waals surface area (Å²) in [5, 5.41) is 6.73. The van der Waals surface area contributed by atoms with E-state index in [2.05, 4.69) is 36.8 Å². The first-order valence-corrected chi connectivity index (χ1v) is 14.0. The minimum atomic E-state index is 0.0758. The quantitative estimate of drug-likeness (QED) is 0.317. The zero-order valence-corrected chi connectivity index (χ0v) is 24.8. The zero-order valence-electron chi connectivity index (χ0n) is 24.8. The van der Waals surface area contributed by atoms with Crippen LogP contribution in [-0.2, 0) is 7.05 Å². The lowest BCUT2D eigenvalue weighted by Gasteiger charge is -2.32. The average Bonchev–Trinajstić information content (AvgIpc) is 3.51. The van der Waals surface area contributed by atoms with Crippen LogP contribution in [-0.4, -0.2) is 85.3 Å².